The zero-order valence-electron chi connectivity index (χ0n) is 11.7. The molecule has 0 amide bonds. The number of benzene rings is 1. The molecule has 0 aliphatic rings. The molecule has 0 spiro atoms. The van der Waals surface area contributed by atoms with Gasteiger partial charge < -0.3 is 9.84 Å². The highest BCUT2D eigenvalue weighted by Crippen LogP contribution is 2.24. The molecule has 4 nitrogen and oxygen atoms in total. The lowest BCUT2D eigenvalue weighted by atomic mass is 10.1. The van der Waals surface area contributed by atoms with Gasteiger partial charge in [0, 0.05) is 10.5 Å². The molecule has 0 saturated heterocycles. The van der Waals surface area contributed by atoms with Gasteiger partial charge in [-0.05, 0) is 50.9 Å². The number of thioether (sulfide) groups is 1. The molecule has 1 heterocycles. The van der Waals surface area contributed by atoms with Crippen molar-refractivity contribution >= 4 is 11.8 Å². The highest BCUT2D eigenvalue weighted by Gasteiger charge is 2.26. The second-order valence-electron chi connectivity index (χ2n) is 4.81. The summed E-state index contributed by atoms with van der Waals surface area (Å²) in [5, 5.41) is 7.38. The van der Waals surface area contributed by atoms with Gasteiger partial charge in [0.25, 0.3) is 0 Å². The van der Waals surface area contributed by atoms with Gasteiger partial charge >= 0.3 is 0 Å². The van der Waals surface area contributed by atoms with E-state index < -0.39 is 0 Å². The summed E-state index contributed by atoms with van der Waals surface area (Å²) in [7, 11) is 0. The van der Waals surface area contributed by atoms with Crippen molar-refractivity contribution in [3.05, 3.63) is 30.2 Å². The molecular weight excluding hydrogens is 258 g/mol. The largest absolute Gasteiger partial charge is 0.337 e. The second kappa shape index (κ2) is 5.75. The Bertz CT molecular complexity index is 534. The van der Waals surface area contributed by atoms with Gasteiger partial charge in [0.05, 0.1) is 5.54 Å². The topological polar surface area (TPSA) is 51.0 Å². The molecule has 0 aliphatic carbocycles. The van der Waals surface area contributed by atoms with E-state index in [1.165, 1.54) is 4.90 Å². The Morgan fingerprint density at radius 1 is 1.26 bits per heavy atom. The molecule has 0 bridgehead atoms. The van der Waals surface area contributed by atoms with Crippen LogP contribution in [0.3, 0.4) is 0 Å². The molecule has 0 fully saturated rings. The first-order valence-corrected chi connectivity index (χ1v) is 7.53. The van der Waals surface area contributed by atoms with Crippen LogP contribution in [0, 0.1) is 0 Å². The predicted octanol–water partition coefficient (Wildman–Crippen LogP) is 3.30. The maximum Gasteiger partial charge on any atom is 0.246 e. The normalized spacial score (nSPS) is 11.8. The Balaban J connectivity index is 2.25. The summed E-state index contributed by atoms with van der Waals surface area (Å²) in [6.45, 7) is 6.97. The summed E-state index contributed by atoms with van der Waals surface area (Å²) in [5.74, 6) is 1.24. The van der Waals surface area contributed by atoms with E-state index in [1.54, 1.807) is 11.8 Å². The summed E-state index contributed by atoms with van der Waals surface area (Å²) in [5.41, 5.74) is 0.666. The molecule has 1 aromatic heterocycles. The second-order valence-corrected chi connectivity index (χ2v) is 5.69. The number of hydrogen-bond acceptors (Lipinski definition) is 5. The van der Waals surface area contributed by atoms with E-state index in [2.05, 4.69) is 40.8 Å². The standard InChI is InChI=1S/C14H19N3OS/c1-5-15-14(2,3)13-16-12(17-18-13)10-6-8-11(19-4)9-7-10/h6-9,15H,5H2,1-4H3. The monoisotopic (exact) mass is 277 g/mol. The van der Waals surface area contributed by atoms with Gasteiger partial charge in [-0.25, -0.2) is 0 Å². The Kier molecular flexibility index (Phi) is 4.27. The quantitative estimate of drug-likeness (QED) is 0.850. The van der Waals surface area contributed by atoms with Crippen LogP contribution in [0.1, 0.15) is 26.7 Å². The van der Waals surface area contributed by atoms with Crippen molar-refractivity contribution in [3.63, 3.8) is 0 Å². The maximum atomic E-state index is 5.36. The lowest BCUT2D eigenvalue weighted by Gasteiger charge is -2.20. The molecule has 5 heteroatoms. The predicted molar refractivity (Wildman–Crippen MR) is 78.2 cm³/mol. The third kappa shape index (κ3) is 3.16. The van der Waals surface area contributed by atoms with E-state index >= 15 is 0 Å². The van der Waals surface area contributed by atoms with Crippen LogP contribution >= 0.6 is 11.8 Å². The Morgan fingerprint density at radius 2 is 1.95 bits per heavy atom. The van der Waals surface area contributed by atoms with Gasteiger partial charge in [0.2, 0.25) is 11.7 Å². The SMILES string of the molecule is CCNC(C)(C)c1nc(-c2ccc(SC)cc2)no1. The molecule has 0 aliphatic heterocycles. The number of aromatic nitrogens is 2. The number of rotatable bonds is 5. The van der Waals surface area contributed by atoms with Crippen LogP contribution in [0.2, 0.25) is 0 Å². The third-order valence-electron chi connectivity index (χ3n) is 2.93. The molecule has 2 aromatic rings. The Hall–Kier alpha value is -1.33. The summed E-state index contributed by atoms with van der Waals surface area (Å²) in [6.07, 6.45) is 2.06. The summed E-state index contributed by atoms with van der Waals surface area (Å²) in [4.78, 5) is 5.70. The van der Waals surface area contributed by atoms with Gasteiger partial charge in [0.1, 0.15) is 0 Å². The molecule has 0 atom stereocenters. The van der Waals surface area contributed by atoms with E-state index in [-0.39, 0.29) is 5.54 Å². The Labute approximate surface area is 118 Å². The van der Waals surface area contributed by atoms with Crippen LogP contribution < -0.4 is 5.32 Å². The van der Waals surface area contributed by atoms with Crippen molar-refractivity contribution in [2.75, 3.05) is 12.8 Å². The minimum atomic E-state index is -0.306. The molecule has 0 saturated carbocycles. The van der Waals surface area contributed by atoms with Gasteiger partial charge in [-0.15, -0.1) is 11.8 Å². The molecule has 19 heavy (non-hydrogen) atoms. The minimum absolute atomic E-state index is 0.306. The van der Waals surface area contributed by atoms with Crippen molar-refractivity contribution in [2.45, 2.75) is 31.2 Å². The highest BCUT2D eigenvalue weighted by molar-refractivity contribution is 7.98. The summed E-state index contributed by atoms with van der Waals surface area (Å²) in [6, 6.07) is 8.15. The lowest BCUT2D eigenvalue weighted by Crippen LogP contribution is -2.36. The van der Waals surface area contributed by atoms with E-state index in [1.807, 2.05) is 26.0 Å². The molecule has 1 aromatic carbocycles. The fourth-order valence-electron chi connectivity index (χ4n) is 1.85. The first-order chi connectivity index (χ1) is 9.06. The third-order valence-corrected chi connectivity index (χ3v) is 3.67. The van der Waals surface area contributed by atoms with Gasteiger partial charge in [-0.3, -0.25) is 0 Å². The summed E-state index contributed by atoms with van der Waals surface area (Å²) >= 11 is 1.71. The van der Waals surface area contributed by atoms with E-state index in [9.17, 15) is 0 Å². The molecule has 102 valence electrons. The van der Waals surface area contributed by atoms with Crippen LogP contribution in [0.5, 0.6) is 0 Å². The van der Waals surface area contributed by atoms with E-state index in [0.717, 1.165) is 12.1 Å². The first kappa shape index (κ1) is 14.1. The number of nitrogens with one attached hydrogen (secondary N) is 1. The van der Waals surface area contributed by atoms with Crippen molar-refractivity contribution in [1.82, 2.24) is 15.5 Å². The fraction of sp³-hybridized carbons (Fsp3) is 0.429. The zero-order valence-corrected chi connectivity index (χ0v) is 12.5. The van der Waals surface area contributed by atoms with Gasteiger partial charge in [-0.1, -0.05) is 12.1 Å². The maximum absolute atomic E-state index is 5.36. The van der Waals surface area contributed by atoms with Crippen molar-refractivity contribution in [2.24, 2.45) is 0 Å². The van der Waals surface area contributed by atoms with Crippen LogP contribution in [-0.4, -0.2) is 22.9 Å². The van der Waals surface area contributed by atoms with E-state index in [0.29, 0.717) is 11.7 Å². The average molecular weight is 277 g/mol. The molecule has 1 N–H and O–H groups in total. The molecular formula is C14H19N3OS. The lowest BCUT2D eigenvalue weighted by molar-refractivity contribution is 0.272. The van der Waals surface area contributed by atoms with Crippen LogP contribution in [0.25, 0.3) is 11.4 Å². The zero-order chi connectivity index (χ0) is 13.9. The Morgan fingerprint density at radius 3 is 2.53 bits per heavy atom. The van der Waals surface area contributed by atoms with E-state index in [4.69, 9.17) is 4.52 Å². The van der Waals surface area contributed by atoms with Crippen molar-refractivity contribution in [3.8, 4) is 11.4 Å². The fourth-order valence-corrected chi connectivity index (χ4v) is 2.26. The van der Waals surface area contributed by atoms with Crippen LogP contribution in [-0.2, 0) is 5.54 Å². The van der Waals surface area contributed by atoms with Crippen LogP contribution in [0.4, 0.5) is 0 Å². The van der Waals surface area contributed by atoms with Crippen molar-refractivity contribution in [1.29, 1.82) is 0 Å². The summed E-state index contributed by atoms with van der Waals surface area (Å²) < 4.78 is 5.36. The minimum Gasteiger partial charge on any atom is -0.337 e. The molecule has 0 unspecified atom stereocenters. The van der Waals surface area contributed by atoms with Gasteiger partial charge in [-0.2, -0.15) is 4.98 Å². The highest BCUT2D eigenvalue weighted by atomic mass is 32.2. The number of hydrogen-bond donors (Lipinski definition) is 1. The van der Waals surface area contributed by atoms with Crippen molar-refractivity contribution < 1.29 is 4.52 Å². The smallest absolute Gasteiger partial charge is 0.246 e. The van der Waals surface area contributed by atoms with Gasteiger partial charge in [0.15, 0.2) is 0 Å². The number of nitrogens with zero attached hydrogens (tertiary/aromatic N) is 2. The molecule has 0 radical (unpaired) electrons. The molecule has 2 rings (SSSR count). The van der Waals surface area contributed by atoms with Crippen LogP contribution in [0.15, 0.2) is 33.7 Å². The average Bonchev–Trinajstić information content (AvgIpc) is 2.89. The first-order valence-electron chi connectivity index (χ1n) is 6.30.